The van der Waals surface area contributed by atoms with E-state index in [-0.39, 0.29) is 6.54 Å². The lowest BCUT2D eigenvalue weighted by Gasteiger charge is -2.15. The Balaban J connectivity index is 2.32. The molecule has 0 aliphatic heterocycles. The number of para-hydroxylation sites is 1. The van der Waals surface area contributed by atoms with Crippen LogP contribution >= 0.6 is 0 Å². The molecule has 0 atom stereocenters. The van der Waals surface area contributed by atoms with Crippen LogP contribution < -0.4 is 4.74 Å². The van der Waals surface area contributed by atoms with Crippen molar-refractivity contribution >= 4 is 5.97 Å². The fourth-order valence-electron chi connectivity index (χ4n) is 1.85. The molecule has 0 bridgehead atoms. The maximum atomic E-state index is 10.5. The number of hydrogen-bond acceptors (Lipinski definition) is 3. The Morgan fingerprint density at radius 2 is 1.94 bits per heavy atom. The SMILES string of the molecule is Cc1cccc(C)c1OCCCN(C)CC(=O)O. The van der Waals surface area contributed by atoms with Gasteiger partial charge in [0, 0.05) is 6.54 Å². The lowest BCUT2D eigenvalue weighted by molar-refractivity contribution is -0.138. The number of rotatable bonds is 7. The third-order valence-corrected chi connectivity index (χ3v) is 2.74. The largest absolute Gasteiger partial charge is 0.493 e. The molecule has 1 rings (SSSR count). The highest BCUT2D eigenvalue weighted by molar-refractivity contribution is 5.68. The maximum Gasteiger partial charge on any atom is 0.317 e. The first-order valence-electron chi connectivity index (χ1n) is 6.10. The van der Waals surface area contributed by atoms with Crippen LogP contribution in [0.25, 0.3) is 0 Å². The molecule has 4 nitrogen and oxygen atoms in total. The van der Waals surface area contributed by atoms with E-state index in [1.165, 1.54) is 0 Å². The minimum absolute atomic E-state index is 0.0728. The Morgan fingerprint density at radius 1 is 1.33 bits per heavy atom. The number of carboxylic acids is 1. The number of aliphatic carboxylic acids is 1. The molecule has 0 saturated carbocycles. The highest BCUT2D eigenvalue weighted by atomic mass is 16.5. The van der Waals surface area contributed by atoms with Crippen molar-refractivity contribution in [3.05, 3.63) is 29.3 Å². The van der Waals surface area contributed by atoms with Crippen molar-refractivity contribution in [2.45, 2.75) is 20.3 Å². The van der Waals surface area contributed by atoms with Crippen molar-refractivity contribution < 1.29 is 14.6 Å². The molecule has 0 aromatic heterocycles. The zero-order chi connectivity index (χ0) is 13.5. The summed E-state index contributed by atoms with van der Waals surface area (Å²) in [6.07, 6.45) is 0.817. The lowest BCUT2D eigenvalue weighted by Crippen LogP contribution is -2.27. The fraction of sp³-hybridized carbons (Fsp3) is 0.500. The first kappa shape index (κ1) is 14.5. The fourth-order valence-corrected chi connectivity index (χ4v) is 1.85. The summed E-state index contributed by atoms with van der Waals surface area (Å²) >= 11 is 0. The van der Waals surface area contributed by atoms with Crippen molar-refractivity contribution in [1.29, 1.82) is 0 Å². The van der Waals surface area contributed by atoms with Gasteiger partial charge in [0.05, 0.1) is 13.2 Å². The van der Waals surface area contributed by atoms with Crippen LogP contribution in [0.1, 0.15) is 17.5 Å². The zero-order valence-electron chi connectivity index (χ0n) is 11.3. The lowest BCUT2D eigenvalue weighted by atomic mass is 10.1. The summed E-state index contributed by atoms with van der Waals surface area (Å²) in [6.45, 7) is 5.45. The van der Waals surface area contributed by atoms with Crippen LogP contribution in [-0.4, -0.2) is 42.7 Å². The Bertz CT molecular complexity index is 384. The summed E-state index contributed by atoms with van der Waals surface area (Å²) in [6, 6.07) is 6.07. The topological polar surface area (TPSA) is 49.8 Å². The van der Waals surface area contributed by atoms with Crippen molar-refractivity contribution in [2.24, 2.45) is 0 Å². The van der Waals surface area contributed by atoms with Gasteiger partial charge in [-0.05, 0) is 38.4 Å². The van der Waals surface area contributed by atoms with E-state index in [1.807, 2.05) is 32.0 Å². The Morgan fingerprint density at radius 3 is 2.50 bits per heavy atom. The van der Waals surface area contributed by atoms with E-state index >= 15 is 0 Å². The minimum atomic E-state index is -0.798. The van der Waals surface area contributed by atoms with Gasteiger partial charge in [0.1, 0.15) is 5.75 Å². The van der Waals surface area contributed by atoms with Gasteiger partial charge in [-0.15, -0.1) is 0 Å². The van der Waals surface area contributed by atoms with Crippen molar-refractivity contribution in [1.82, 2.24) is 4.90 Å². The van der Waals surface area contributed by atoms with Crippen LogP contribution in [0.15, 0.2) is 18.2 Å². The van der Waals surface area contributed by atoms with Crippen LogP contribution in [0.3, 0.4) is 0 Å². The summed E-state index contributed by atoms with van der Waals surface area (Å²) in [5, 5.41) is 8.62. The van der Waals surface area contributed by atoms with Gasteiger partial charge in [-0.3, -0.25) is 9.69 Å². The first-order valence-corrected chi connectivity index (χ1v) is 6.10. The second-order valence-electron chi connectivity index (χ2n) is 4.55. The van der Waals surface area contributed by atoms with Gasteiger partial charge in [0.15, 0.2) is 0 Å². The summed E-state index contributed by atoms with van der Waals surface area (Å²) < 4.78 is 5.75. The van der Waals surface area contributed by atoms with Gasteiger partial charge in [0.25, 0.3) is 0 Å². The second-order valence-corrected chi connectivity index (χ2v) is 4.55. The molecule has 0 aliphatic carbocycles. The smallest absolute Gasteiger partial charge is 0.317 e. The predicted octanol–water partition coefficient (Wildman–Crippen LogP) is 2.09. The average Bonchev–Trinajstić information content (AvgIpc) is 2.26. The van der Waals surface area contributed by atoms with E-state index in [9.17, 15) is 4.79 Å². The van der Waals surface area contributed by atoms with E-state index in [0.717, 1.165) is 29.8 Å². The number of aryl methyl sites for hydroxylation is 2. The van der Waals surface area contributed by atoms with E-state index in [2.05, 4.69) is 0 Å². The summed E-state index contributed by atoms with van der Waals surface area (Å²) in [4.78, 5) is 12.3. The molecule has 0 radical (unpaired) electrons. The van der Waals surface area contributed by atoms with Crippen LogP contribution in [0.2, 0.25) is 0 Å². The number of carboxylic acid groups (broad SMARTS) is 1. The molecule has 18 heavy (non-hydrogen) atoms. The molecule has 0 fully saturated rings. The monoisotopic (exact) mass is 251 g/mol. The zero-order valence-corrected chi connectivity index (χ0v) is 11.3. The van der Waals surface area contributed by atoms with Gasteiger partial charge >= 0.3 is 5.97 Å². The molecule has 0 saturated heterocycles. The molecular weight excluding hydrogens is 230 g/mol. The summed E-state index contributed by atoms with van der Waals surface area (Å²) in [5.41, 5.74) is 2.27. The van der Waals surface area contributed by atoms with Gasteiger partial charge in [-0.25, -0.2) is 0 Å². The minimum Gasteiger partial charge on any atom is -0.493 e. The molecule has 0 spiro atoms. The highest BCUT2D eigenvalue weighted by Crippen LogP contribution is 2.22. The van der Waals surface area contributed by atoms with E-state index < -0.39 is 5.97 Å². The molecule has 4 heteroatoms. The standard InChI is InChI=1S/C14H21NO3/c1-11-6-4-7-12(2)14(11)18-9-5-8-15(3)10-13(16)17/h4,6-7H,5,8-10H2,1-3H3,(H,16,17). The Labute approximate surface area is 108 Å². The number of ether oxygens (including phenoxy) is 1. The molecule has 1 N–H and O–H groups in total. The van der Waals surface area contributed by atoms with Crippen molar-refractivity contribution in [3.8, 4) is 5.75 Å². The van der Waals surface area contributed by atoms with Crippen LogP contribution in [0, 0.1) is 13.8 Å². The molecule has 0 amide bonds. The quantitative estimate of drug-likeness (QED) is 0.754. The number of likely N-dealkylation sites (N-methyl/N-ethyl adjacent to an activating group) is 1. The molecule has 0 aliphatic rings. The van der Waals surface area contributed by atoms with Crippen molar-refractivity contribution in [3.63, 3.8) is 0 Å². The van der Waals surface area contributed by atoms with Crippen LogP contribution in [-0.2, 0) is 4.79 Å². The van der Waals surface area contributed by atoms with Gasteiger partial charge in [-0.1, -0.05) is 18.2 Å². The van der Waals surface area contributed by atoms with Crippen LogP contribution in [0.5, 0.6) is 5.75 Å². The molecule has 1 aromatic rings. The summed E-state index contributed by atoms with van der Waals surface area (Å²) in [5.74, 6) is 0.145. The molecule has 0 unspecified atom stereocenters. The number of hydrogen-bond donors (Lipinski definition) is 1. The summed E-state index contributed by atoms with van der Waals surface area (Å²) in [7, 11) is 1.80. The van der Waals surface area contributed by atoms with E-state index in [0.29, 0.717) is 6.61 Å². The Hall–Kier alpha value is -1.55. The van der Waals surface area contributed by atoms with Gasteiger partial charge in [-0.2, -0.15) is 0 Å². The third kappa shape index (κ3) is 4.75. The van der Waals surface area contributed by atoms with E-state index in [1.54, 1.807) is 11.9 Å². The average molecular weight is 251 g/mol. The molecule has 1 aromatic carbocycles. The number of benzene rings is 1. The molecule has 100 valence electrons. The Kier molecular flexibility index (Phi) is 5.65. The number of nitrogens with zero attached hydrogens (tertiary/aromatic N) is 1. The second kappa shape index (κ2) is 7.01. The molecular formula is C14H21NO3. The third-order valence-electron chi connectivity index (χ3n) is 2.74. The highest BCUT2D eigenvalue weighted by Gasteiger charge is 2.05. The maximum absolute atomic E-state index is 10.5. The molecule has 0 heterocycles. The predicted molar refractivity (Wildman–Crippen MR) is 71.2 cm³/mol. The first-order chi connectivity index (χ1) is 8.50. The van der Waals surface area contributed by atoms with Gasteiger partial charge in [0.2, 0.25) is 0 Å². The number of carbonyl (C=O) groups is 1. The normalized spacial score (nSPS) is 10.7. The van der Waals surface area contributed by atoms with Crippen molar-refractivity contribution in [2.75, 3.05) is 26.7 Å². The van der Waals surface area contributed by atoms with E-state index in [4.69, 9.17) is 9.84 Å². The van der Waals surface area contributed by atoms with Crippen LogP contribution in [0.4, 0.5) is 0 Å². The van der Waals surface area contributed by atoms with Gasteiger partial charge < -0.3 is 9.84 Å².